The first-order chi connectivity index (χ1) is 24.3. The van der Waals surface area contributed by atoms with Crippen molar-refractivity contribution in [3.8, 4) is 16.8 Å². The van der Waals surface area contributed by atoms with Crippen molar-refractivity contribution < 1.29 is 4.42 Å². The highest BCUT2D eigenvalue weighted by Crippen LogP contribution is 2.50. The third kappa shape index (κ3) is 3.60. The highest BCUT2D eigenvalue weighted by atomic mass is 28.3. The maximum atomic E-state index is 6.97. The van der Waals surface area contributed by atoms with Crippen molar-refractivity contribution >= 4 is 91.3 Å². The predicted octanol–water partition coefficient (Wildman–Crippen LogP) is 9.65. The standard InChI is InChI=1S/C46H41BN2OSi/c1-45(2,3)26-20-21-34-30(22-26)31-23-27(46(4,5)6)24-33-42(31)48(34)36-25-32-28-14-9-11-17-37(28)50-44(32)40-29-15-13-19-39-43(29)49(47(33)41(36)40)35-16-10-12-18-38(35)51(39,7)8/h9-25H,1-8H3. The van der Waals surface area contributed by atoms with Gasteiger partial charge in [0.05, 0.1) is 11.0 Å². The van der Waals surface area contributed by atoms with Crippen molar-refractivity contribution in [3.05, 3.63) is 114 Å². The quantitative estimate of drug-likeness (QED) is 0.149. The van der Waals surface area contributed by atoms with E-state index in [1.165, 1.54) is 93.2 Å². The van der Waals surface area contributed by atoms with Gasteiger partial charge in [0, 0.05) is 49.7 Å². The Bertz CT molecular complexity index is 2880. The SMILES string of the molecule is CC(C)(C)c1ccc2c(c1)c1cc(C(C)(C)C)cc3c1n2-c1cc2c(oc4ccccc42)c2c1B3N1c3ccccc3[Si](C)(C)c3cccc-2c31. The molecule has 0 N–H and O–H groups in total. The minimum absolute atomic E-state index is 0.0174. The van der Waals surface area contributed by atoms with Crippen molar-refractivity contribution in [2.75, 3.05) is 4.81 Å². The minimum atomic E-state index is -2.05. The number of hydrogen-bond acceptors (Lipinski definition) is 2. The third-order valence-corrected chi connectivity index (χ3v) is 16.0. The Balaban J connectivity index is 1.41. The smallest absolute Gasteiger partial charge is 0.333 e. The number of fused-ring (bicyclic) bond motifs is 13. The van der Waals surface area contributed by atoms with Gasteiger partial charge in [0.2, 0.25) is 0 Å². The van der Waals surface area contributed by atoms with Gasteiger partial charge in [-0.15, -0.1) is 0 Å². The molecule has 0 amide bonds. The van der Waals surface area contributed by atoms with Crippen LogP contribution in [0.15, 0.2) is 108 Å². The van der Waals surface area contributed by atoms with E-state index in [1.54, 1.807) is 0 Å². The monoisotopic (exact) mass is 676 g/mol. The lowest BCUT2D eigenvalue weighted by atomic mass is 9.43. The van der Waals surface area contributed by atoms with Crippen molar-refractivity contribution in [1.82, 2.24) is 4.57 Å². The first-order valence-electron chi connectivity index (χ1n) is 18.5. The molecule has 2 aromatic heterocycles. The zero-order chi connectivity index (χ0) is 34.9. The molecule has 0 unspecified atom stereocenters. The molecule has 6 aromatic carbocycles. The minimum Gasteiger partial charge on any atom is -0.455 e. The van der Waals surface area contributed by atoms with E-state index in [0.29, 0.717) is 0 Å². The molecule has 0 radical (unpaired) electrons. The summed E-state index contributed by atoms with van der Waals surface area (Å²) < 4.78 is 9.58. The van der Waals surface area contributed by atoms with E-state index in [9.17, 15) is 0 Å². The molecular weight excluding hydrogens is 635 g/mol. The fourth-order valence-electron chi connectivity index (χ4n) is 9.80. The van der Waals surface area contributed by atoms with Crippen LogP contribution in [0.5, 0.6) is 0 Å². The van der Waals surface area contributed by atoms with Gasteiger partial charge in [-0.1, -0.05) is 121 Å². The number of hydrogen-bond donors (Lipinski definition) is 0. The van der Waals surface area contributed by atoms with E-state index in [0.717, 1.165) is 11.2 Å². The first-order valence-corrected chi connectivity index (χ1v) is 21.5. The molecule has 0 fully saturated rings. The number of aromatic nitrogens is 1. The topological polar surface area (TPSA) is 21.3 Å². The molecule has 0 saturated heterocycles. The van der Waals surface area contributed by atoms with E-state index >= 15 is 0 Å². The molecule has 0 bridgehead atoms. The van der Waals surface area contributed by atoms with Gasteiger partial charge in [0.15, 0.2) is 0 Å². The van der Waals surface area contributed by atoms with Crippen LogP contribution in [0.2, 0.25) is 13.1 Å². The van der Waals surface area contributed by atoms with E-state index in [4.69, 9.17) is 4.42 Å². The summed E-state index contributed by atoms with van der Waals surface area (Å²) in [5.74, 6) is 0. The fraction of sp³-hybridized carbons (Fsp3) is 0.217. The molecular formula is C46H41BN2OSi. The third-order valence-electron chi connectivity index (χ3n) is 12.4. The van der Waals surface area contributed by atoms with Crippen LogP contribution in [0.3, 0.4) is 0 Å². The number of rotatable bonds is 0. The zero-order valence-electron chi connectivity index (χ0n) is 30.7. The first kappa shape index (κ1) is 29.7. The van der Waals surface area contributed by atoms with Crippen molar-refractivity contribution in [1.29, 1.82) is 0 Å². The highest BCUT2D eigenvalue weighted by molar-refractivity contribution is 7.05. The Labute approximate surface area is 300 Å². The molecule has 11 rings (SSSR count). The summed E-state index contributed by atoms with van der Waals surface area (Å²) in [5.41, 5.74) is 16.6. The molecule has 0 atom stereocenters. The molecule has 248 valence electrons. The highest BCUT2D eigenvalue weighted by Gasteiger charge is 2.50. The molecule has 0 spiro atoms. The Morgan fingerprint density at radius 3 is 2.16 bits per heavy atom. The van der Waals surface area contributed by atoms with Gasteiger partial charge in [0.25, 0.3) is 0 Å². The average Bonchev–Trinajstić information content (AvgIpc) is 3.64. The Kier molecular flexibility index (Phi) is 5.39. The maximum Gasteiger partial charge on any atom is 0.333 e. The number of para-hydroxylation sites is 3. The van der Waals surface area contributed by atoms with Gasteiger partial charge in [-0.2, -0.15) is 0 Å². The van der Waals surface area contributed by atoms with Crippen molar-refractivity contribution in [2.24, 2.45) is 0 Å². The molecule has 8 aromatic rings. The number of furan rings is 1. The van der Waals surface area contributed by atoms with E-state index in [2.05, 4.69) is 167 Å². The van der Waals surface area contributed by atoms with Gasteiger partial charge < -0.3 is 13.8 Å². The second-order valence-electron chi connectivity index (χ2n) is 17.8. The molecule has 3 aliphatic heterocycles. The molecule has 3 aliphatic rings. The van der Waals surface area contributed by atoms with Crippen molar-refractivity contribution in [3.63, 3.8) is 0 Å². The second kappa shape index (κ2) is 9.26. The lowest BCUT2D eigenvalue weighted by Crippen LogP contribution is -2.68. The van der Waals surface area contributed by atoms with Crippen LogP contribution in [-0.4, -0.2) is 19.5 Å². The summed E-state index contributed by atoms with van der Waals surface area (Å²) in [4.78, 5) is 2.74. The summed E-state index contributed by atoms with van der Waals surface area (Å²) in [7, 11) is -2.05. The largest absolute Gasteiger partial charge is 0.455 e. The summed E-state index contributed by atoms with van der Waals surface area (Å²) in [6.07, 6.45) is 0. The summed E-state index contributed by atoms with van der Waals surface area (Å²) >= 11 is 0. The van der Waals surface area contributed by atoms with E-state index in [1.807, 2.05) is 0 Å². The van der Waals surface area contributed by atoms with Crippen LogP contribution in [0.4, 0.5) is 11.4 Å². The van der Waals surface area contributed by atoms with Crippen LogP contribution < -0.4 is 26.1 Å². The Morgan fingerprint density at radius 2 is 1.35 bits per heavy atom. The Hall–Kier alpha value is -5.00. The van der Waals surface area contributed by atoms with Gasteiger partial charge in [-0.05, 0) is 79.7 Å². The zero-order valence-corrected chi connectivity index (χ0v) is 31.7. The molecule has 0 aliphatic carbocycles. The normalized spacial score (nSPS) is 15.5. The van der Waals surface area contributed by atoms with E-state index < -0.39 is 8.07 Å². The van der Waals surface area contributed by atoms with Gasteiger partial charge in [0.1, 0.15) is 19.2 Å². The number of anilines is 2. The van der Waals surface area contributed by atoms with Crippen molar-refractivity contribution in [2.45, 2.75) is 65.5 Å². The van der Waals surface area contributed by atoms with Crippen LogP contribution in [0, 0.1) is 0 Å². The lowest BCUT2D eigenvalue weighted by molar-refractivity contribution is 0.590. The maximum absolute atomic E-state index is 6.97. The summed E-state index contributed by atoms with van der Waals surface area (Å²) in [6, 6.07) is 39.7. The van der Waals surface area contributed by atoms with Crippen LogP contribution >= 0.6 is 0 Å². The van der Waals surface area contributed by atoms with Gasteiger partial charge in [-0.25, -0.2) is 0 Å². The number of benzene rings is 6. The molecule has 5 heteroatoms. The van der Waals surface area contributed by atoms with Crippen LogP contribution in [0.1, 0.15) is 52.7 Å². The molecule has 3 nitrogen and oxygen atoms in total. The van der Waals surface area contributed by atoms with Gasteiger partial charge in [-0.3, -0.25) is 0 Å². The number of nitrogens with zero attached hydrogens (tertiary/aromatic N) is 2. The predicted molar refractivity (Wildman–Crippen MR) is 221 cm³/mol. The molecule has 0 saturated carbocycles. The summed E-state index contributed by atoms with van der Waals surface area (Å²) in [5, 5.41) is 8.05. The van der Waals surface area contributed by atoms with E-state index in [-0.39, 0.29) is 17.7 Å². The summed E-state index contributed by atoms with van der Waals surface area (Å²) in [6.45, 7) is 19.1. The Morgan fingerprint density at radius 1 is 0.627 bits per heavy atom. The second-order valence-corrected chi connectivity index (χ2v) is 22.1. The molecule has 51 heavy (non-hydrogen) atoms. The van der Waals surface area contributed by atoms with Crippen LogP contribution in [-0.2, 0) is 10.8 Å². The average molecular weight is 677 g/mol. The van der Waals surface area contributed by atoms with Crippen LogP contribution in [0.25, 0.3) is 60.6 Å². The van der Waals surface area contributed by atoms with Gasteiger partial charge >= 0.3 is 6.85 Å². The fourth-order valence-corrected chi connectivity index (χ4v) is 12.8. The molecule has 5 heterocycles. The lowest BCUT2D eigenvalue weighted by Gasteiger charge is -2.49.